The number of benzene rings is 1. The third-order valence-corrected chi connectivity index (χ3v) is 2.06. The predicted octanol–water partition coefficient (Wildman–Crippen LogP) is 3.81. The Balaban J connectivity index is 2.07. The van der Waals surface area contributed by atoms with Gasteiger partial charge >= 0.3 is 0 Å². The van der Waals surface area contributed by atoms with Crippen LogP contribution in [0.25, 0.3) is 0 Å². The van der Waals surface area contributed by atoms with E-state index >= 15 is 0 Å². The Hall–Kier alpha value is -1.08. The maximum Gasteiger partial charge on any atom is 0.0717 e. The minimum atomic E-state index is 0.638. The molecule has 0 N–H and O–H groups in total. The topological polar surface area (TPSA) is 9.23 Å². The fourth-order valence-electron chi connectivity index (χ4n) is 1.28. The van der Waals surface area contributed by atoms with Crippen LogP contribution in [0.5, 0.6) is 0 Å². The fourth-order valence-corrected chi connectivity index (χ4v) is 1.28. The molecule has 0 aliphatic rings. The summed E-state index contributed by atoms with van der Waals surface area (Å²) < 4.78 is 5.55. The SMILES string of the molecule is CC(C)/C=C\CCOCc1ccccc1. The van der Waals surface area contributed by atoms with Crippen molar-refractivity contribution in [3.63, 3.8) is 0 Å². The van der Waals surface area contributed by atoms with E-state index < -0.39 is 0 Å². The standard InChI is InChI=1S/C14H20O/c1-13(2)8-6-7-11-15-12-14-9-4-3-5-10-14/h3-6,8-10,13H,7,11-12H2,1-2H3/b8-6-. The van der Waals surface area contributed by atoms with E-state index in [0.29, 0.717) is 5.92 Å². The van der Waals surface area contributed by atoms with Gasteiger partial charge in [0.2, 0.25) is 0 Å². The Bertz CT molecular complexity index is 275. The summed E-state index contributed by atoms with van der Waals surface area (Å²) in [6.07, 6.45) is 5.41. The normalized spacial score (nSPS) is 11.4. The van der Waals surface area contributed by atoms with Crippen LogP contribution in [0.15, 0.2) is 42.5 Å². The minimum Gasteiger partial charge on any atom is -0.376 e. The van der Waals surface area contributed by atoms with Gasteiger partial charge in [-0.25, -0.2) is 0 Å². The van der Waals surface area contributed by atoms with Crippen molar-refractivity contribution in [2.75, 3.05) is 6.61 Å². The summed E-state index contributed by atoms with van der Waals surface area (Å²) in [6.45, 7) is 5.89. The molecule has 0 radical (unpaired) electrons. The molecule has 0 amide bonds. The molecular formula is C14H20O. The summed E-state index contributed by atoms with van der Waals surface area (Å²) >= 11 is 0. The molecule has 0 saturated carbocycles. The van der Waals surface area contributed by atoms with Crippen LogP contribution >= 0.6 is 0 Å². The zero-order valence-corrected chi connectivity index (χ0v) is 9.65. The first kappa shape index (κ1) is 12.0. The third kappa shape index (κ3) is 6.08. The van der Waals surface area contributed by atoms with Crippen LogP contribution in [0.1, 0.15) is 25.8 Å². The van der Waals surface area contributed by atoms with Gasteiger partial charge in [0.15, 0.2) is 0 Å². The van der Waals surface area contributed by atoms with Crippen molar-refractivity contribution in [3.8, 4) is 0 Å². The van der Waals surface area contributed by atoms with Gasteiger partial charge in [0.25, 0.3) is 0 Å². The van der Waals surface area contributed by atoms with Crippen molar-refractivity contribution >= 4 is 0 Å². The number of hydrogen-bond acceptors (Lipinski definition) is 1. The van der Waals surface area contributed by atoms with Crippen LogP contribution in [-0.2, 0) is 11.3 Å². The lowest BCUT2D eigenvalue weighted by Gasteiger charge is -2.02. The molecule has 0 spiro atoms. The monoisotopic (exact) mass is 204 g/mol. The molecule has 15 heavy (non-hydrogen) atoms. The quantitative estimate of drug-likeness (QED) is 0.506. The molecule has 0 bridgehead atoms. The first-order valence-corrected chi connectivity index (χ1v) is 5.57. The summed E-state index contributed by atoms with van der Waals surface area (Å²) in [6, 6.07) is 10.3. The smallest absolute Gasteiger partial charge is 0.0717 e. The summed E-state index contributed by atoms with van der Waals surface area (Å²) in [5.74, 6) is 0.638. The lowest BCUT2D eigenvalue weighted by molar-refractivity contribution is 0.125. The van der Waals surface area contributed by atoms with Crippen LogP contribution in [0, 0.1) is 5.92 Å². The highest BCUT2D eigenvalue weighted by Crippen LogP contribution is 2.01. The largest absolute Gasteiger partial charge is 0.376 e. The lowest BCUT2D eigenvalue weighted by Crippen LogP contribution is -1.94. The van der Waals surface area contributed by atoms with Crippen LogP contribution < -0.4 is 0 Å². The van der Waals surface area contributed by atoms with Crippen molar-refractivity contribution < 1.29 is 4.74 Å². The van der Waals surface area contributed by atoms with E-state index in [0.717, 1.165) is 19.6 Å². The van der Waals surface area contributed by atoms with E-state index in [9.17, 15) is 0 Å². The number of ether oxygens (including phenoxy) is 1. The van der Waals surface area contributed by atoms with Gasteiger partial charge in [0, 0.05) is 0 Å². The van der Waals surface area contributed by atoms with Gasteiger partial charge in [-0.05, 0) is 17.9 Å². The highest BCUT2D eigenvalue weighted by atomic mass is 16.5. The van der Waals surface area contributed by atoms with Gasteiger partial charge in [0.05, 0.1) is 13.2 Å². The minimum absolute atomic E-state index is 0.638. The molecule has 1 aromatic rings. The second kappa shape index (κ2) is 7.24. The summed E-state index contributed by atoms with van der Waals surface area (Å²) in [5.41, 5.74) is 1.24. The summed E-state index contributed by atoms with van der Waals surface area (Å²) in [4.78, 5) is 0. The van der Waals surface area contributed by atoms with Crippen LogP contribution in [0.2, 0.25) is 0 Å². The fraction of sp³-hybridized carbons (Fsp3) is 0.429. The maximum absolute atomic E-state index is 5.55. The zero-order chi connectivity index (χ0) is 10.9. The molecule has 0 atom stereocenters. The molecule has 0 unspecified atom stereocenters. The van der Waals surface area contributed by atoms with Crippen molar-refractivity contribution in [3.05, 3.63) is 48.0 Å². The first-order valence-electron chi connectivity index (χ1n) is 5.57. The number of hydrogen-bond donors (Lipinski definition) is 0. The zero-order valence-electron chi connectivity index (χ0n) is 9.65. The van der Waals surface area contributed by atoms with E-state index in [4.69, 9.17) is 4.74 Å². The van der Waals surface area contributed by atoms with E-state index in [1.165, 1.54) is 5.56 Å². The molecule has 0 aromatic heterocycles. The molecule has 1 rings (SSSR count). The molecular weight excluding hydrogens is 184 g/mol. The average molecular weight is 204 g/mol. The average Bonchev–Trinajstić information content (AvgIpc) is 2.24. The molecule has 0 aliphatic carbocycles. The van der Waals surface area contributed by atoms with Crippen molar-refractivity contribution in [1.82, 2.24) is 0 Å². The summed E-state index contributed by atoms with van der Waals surface area (Å²) in [5, 5.41) is 0. The van der Waals surface area contributed by atoms with Gasteiger partial charge in [0.1, 0.15) is 0 Å². The molecule has 82 valence electrons. The Morgan fingerprint density at radius 1 is 1.20 bits per heavy atom. The van der Waals surface area contributed by atoms with E-state index in [2.05, 4.69) is 38.1 Å². The Morgan fingerprint density at radius 3 is 2.60 bits per heavy atom. The van der Waals surface area contributed by atoms with Gasteiger partial charge in [-0.15, -0.1) is 0 Å². The molecule has 0 saturated heterocycles. The molecule has 1 heteroatoms. The Morgan fingerprint density at radius 2 is 1.93 bits per heavy atom. The van der Waals surface area contributed by atoms with Gasteiger partial charge < -0.3 is 4.74 Å². The highest BCUT2D eigenvalue weighted by Gasteiger charge is 1.90. The van der Waals surface area contributed by atoms with Crippen LogP contribution in [0.3, 0.4) is 0 Å². The van der Waals surface area contributed by atoms with E-state index in [1.54, 1.807) is 0 Å². The molecule has 0 heterocycles. The van der Waals surface area contributed by atoms with Crippen molar-refractivity contribution in [2.24, 2.45) is 5.92 Å². The van der Waals surface area contributed by atoms with Crippen LogP contribution in [0.4, 0.5) is 0 Å². The number of rotatable bonds is 6. The van der Waals surface area contributed by atoms with Gasteiger partial charge in [-0.3, -0.25) is 0 Å². The predicted molar refractivity (Wildman–Crippen MR) is 64.7 cm³/mol. The Kier molecular flexibility index (Phi) is 5.79. The number of allylic oxidation sites excluding steroid dienone is 1. The Labute approximate surface area is 92.8 Å². The van der Waals surface area contributed by atoms with Crippen LogP contribution in [-0.4, -0.2) is 6.61 Å². The first-order chi connectivity index (χ1) is 7.29. The van der Waals surface area contributed by atoms with E-state index in [1.807, 2.05) is 18.2 Å². The molecule has 1 nitrogen and oxygen atoms in total. The summed E-state index contributed by atoms with van der Waals surface area (Å²) in [7, 11) is 0. The van der Waals surface area contributed by atoms with E-state index in [-0.39, 0.29) is 0 Å². The van der Waals surface area contributed by atoms with Crippen molar-refractivity contribution in [2.45, 2.75) is 26.9 Å². The molecule has 1 aromatic carbocycles. The second-order valence-corrected chi connectivity index (χ2v) is 4.00. The maximum atomic E-state index is 5.55. The molecule has 0 aliphatic heterocycles. The second-order valence-electron chi connectivity index (χ2n) is 4.00. The van der Waals surface area contributed by atoms with Gasteiger partial charge in [-0.2, -0.15) is 0 Å². The lowest BCUT2D eigenvalue weighted by atomic mass is 10.2. The van der Waals surface area contributed by atoms with Crippen molar-refractivity contribution in [1.29, 1.82) is 0 Å². The highest BCUT2D eigenvalue weighted by molar-refractivity contribution is 5.13. The molecule has 0 fully saturated rings. The third-order valence-electron chi connectivity index (χ3n) is 2.06. The van der Waals surface area contributed by atoms with Gasteiger partial charge in [-0.1, -0.05) is 56.3 Å².